The molecule has 2 N–H and O–H groups in total. The molecule has 1 aliphatic rings. The van der Waals surface area contributed by atoms with Gasteiger partial charge in [-0.2, -0.15) is 0 Å². The van der Waals surface area contributed by atoms with Gasteiger partial charge in [0.1, 0.15) is 0 Å². The Bertz CT molecular complexity index is 568. The average Bonchev–Trinajstić information content (AvgIpc) is 2.83. The first-order valence-corrected chi connectivity index (χ1v) is 6.69. The van der Waals surface area contributed by atoms with E-state index >= 15 is 0 Å². The smallest absolute Gasteiger partial charge is 0.0958 e. The molecule has 1 unspecified atom stereocenters. The molecule has 0 aliphatic heterocycles. The molecule has 3 rings (SSSR count). The summed E-state index contributed by atoms with van der Waals surface area (Å²) in [5.74, 6) is 0. The molecule has 1 aromatic carbocycles. The number of aromatic nitrogens is 2. The monoisotopic (exact) mass is 241 g/mol. The Morgan fingerprint density at radius 2 is 2.17 bits per heavy atom. The van der Waals surface area contributed by atoms with Crippen molar-refractivity contribution < 1.29 is 0 Å². The van der Waals surface area contributed by atoms with Crippen LogP contribution in [0.4, 0.5) is 0 Å². The summed E-state index contributed by atoms with van der Waals surface area (Å²) < 4.78 is 2.16. The zero-order chi connectivity index (χ0) is 12.4. The minimum atomic E-state index is 0.128. The number of rotatable bonds is 3. The van der Waals surface area contributed by atoms with Gasteiger partial charge < -0.3 is 10.3 Å². The van der Waals surface area contributed by atoms with Crippen LogP contribution in [0.5, 0.6) is 0 Å². The molecule has 1 atom stereocenters. The number of hydrogen-bond donors (Lipinski definition) is 1. The molecule has 0 amide bonds. The quantitative estimate of drug-likeness (QED) is 0.840. The Kier molecular flexibility index (Phi) is 3.15. The summed E-state index contributed by atoms with van der Waals surface area (Å²) in [5.41, 5.74) is 9.94. The summed E-state index contributed by atoms with van der Waals surface area (Å²) in [6, 6.07) is 8.33. The van der Waals surface area contributed by atoms with Crippen LogP contribution in [0, 0.1) is 0 Å². The van der Waals surface area contributed by atoms with Crippen molar-refractivity contribution in [1.29, 1.82) is 0 Å². The lowest BCUT2D eigenvalue weighted by Gasteiger charge is -2.20. The van der Waals surface area contributed by atoms with Crippen LogP contribution in [-0.4, -0.2) is 15.6 Å². The number of imidazole rings is 1. The zero-order valence-corrected chi connectivity index (χ0v) is 10.5. The minimum absolute atomic E-state index is 0.128. The van der Waals surface area contributed by atoms with Crippen molar-refractivity contribution in [2.45, 2.75) is 38.3 Å². The van der Waals surface area contributed by atoms with Gasteiger partial charge in [0.25, 0.3) is 0 Å². The van der Waals surface area contributed by atoms with Crippen LogP contribution in [0.15, 0.2) is 42.2 Å². The van der Waals surface area contributed by atoms with Crippen LogP contribution in [0.3, 0.4) is 0 Å². The largest absolute Gasteiger partial charge is 0.329 e. The highest BCUT2D eigenvalue weighted by atomic mass is 15.1. The second-order valence-electron chi connectivity index (χ2n) is 5.02. The van der Waals surface area contributed by atoms with Crippen LogP contribution in [-0.2, 0) is 6.54 Å². The first-order valence-electron chi connectivity index (χ1n) is 6.69. The van der Waals surface area contributed by atoms with E-state index in [4.69, 9.17) is 5.73 Å². The molecule has 18 heavy (non-hydrogen) atoms. The number of nitrogens with two attached hydrogens (primary N) is 1. The number of benzene rings is 1. The van der Waals surface area contributed by atoms with Crippen molar-refractivity contribution in [1.82, 2.24) is 9.55 Å². The van der Waals surface area contributed by atoms with Crippen LogP contribution in [0.25, 0.3) is 11.0 Å². The summed E-state index contributed by atoms with van der Waals surface area (Å²) in [5, 5.41) is 0. The molecular weight excluding hydrogens is 222 g/mol. The topological polar surface area (TPSA) is 43.8 Å². The van der Waals surface area contributed by atoms with Gasteiger partial charge in [0.15, 0.2) is 0 Å². The van der Waals surface area contributed by atoms with Crippen molar-refractivity contribution >= 4 is 11.0 Å². The van der Waals surface area contributed by atoms with Gasteiger partial charge in [0.05, 0.1) is 17.4 Å². The van der Waals surface area contributed by atoms with Crippen molar-refractivity contribution in [2.75, 3.05) is 0 Å². The number of para-hydroxylation sites is 2. The molecule has 0 saturated carbocycles. The summed E-state index contributed by atoms with van der Waals surface area (Å²) >= 11 is 0. The van der Waals surface area contributed by atoms with Gasteiger partial charge in [-0.05, 0) is 37.8 Å². The average molecular weight is 241 g/mol. The third-order valence-electron chi connectivity index (χ3n) is 3.72. The molecule has 3 heteroatoms. The molecule has 0 saturated heterocycles. The summed E-state index contributed by atoms with van der Waals surface area (Å²) in [6.45, 7) is 0.826. The maximum absolute atomic E-state index is 6.31. The van der Waals surface area contributed by atoms with Gasteiger partial charge in [0.2, 0.25) is 0 Å². The van der Waals surface area contributed by atoms with Crippen molar-refractivity contribution in [3.8, 4) is 0 Å². The third kappa shape index (κ3) is 2.18. The van der Waals surface area contributed by atoms with Crippen LogP contribution in [0.2, 0.25) is 0 Å². The normalized spacial score (nSPS) is 17.7. The zero-order valence-electron chi connectivity index (χ0n) is 10.5. The van der Waals surface area contributed by atoms with Crippen LogP contribution in [0.1, 0.15) is 25.7 Å². The molecule has 3 nitrogen and oxygen atoms in total. The summed E-state index contributed by atoms with van der Waals surface area (Å²) in [7, 11) is 0. The Morgan fingerprint density at radius 3 is 3.00 bits per heavy atom. The standard InChI is InChI=1S/C15H19N3/c16-13(12-6-2-1-3-7-12)10-18-11-17-14-8-4-5-9-15(14)18/h4-6,8-9,11,13H,1-3,7,10,16H2. The van der Waals surface area contributed by atoms with E-state index in [9.17, 15) is 0 Å². The Hall–Kier alpha value is -1.61. The van der Waals surface area contributed by atoms with E-state index in [1.54, 1.807) is 0 Å². The summed E-state index contributed by atoms with van der Waals surface area (Å²) in [4.78, 5) is 4.40. The van der Waals surface area contributed by atoms with E-state index in [-0.39, 0.29) is 6.04 Å². The fraction of sp³-hybridized carbons (Fsp3) is 0.400. The van der Waals surface area contributed by atoms with E-state index in [1.165, 1.54) is 30.4 Å². The highest BCUT2D eigenvalue weighted by Gasteiger charge is 2.13. The highest BCUT2D eigenvalue weighted by Crippen LogP contribution is 2.21. The van der Waals surface area contributed by atoms with E-state index in [0.29, 0.717) is 0 Å². The highest BCUT2D eigenvalue weighted by molar-refractivity contribution is 5.74. The van der Waals surface area contributed by atoms with Gasteiger partial charge in [-0.3, -0.25) is 0 Å². The number of nitrogens with zero attached hydrogens (tertiary/aromatic N) is 2. The molecule has 94 valence electrons. The molecule has 2 aromatic rings. The Balaban J connectivity index is 1.81. The molecule has 1 heterocycles. The van der Waals surface area contributed by atoms with E-state index in [0.717, 1.165) is 18.5 Å². The maximum Gasteiger partial charge on any atom is 0.0958 e. The van der Waals surface area contributed by atoms with E-state index in [2.05, 4.69) is 21.7 Å². The Morgan fingerprint density at radius 1 is 1.28 bits per heavy atom. The molecule has 0 fully saturated rings. The Labute approximate surface area is 107 Å². The molecule has 1 aromatic heterocycles. The molecule has 0 radical (unpaired) electrons. The molecule has 1 aliphatic carbocycles. The van der Waals surface area contributed by atoms with Gasteiger partial charge in [-0.1, -0.05) is 23.8 Å². The van der Waals surface area contributed by atoms with Gasteiger partial charge in [-0.25, -0.2) is 4.98 Å². The second kappa shape index (κ2) is 4.94. The molecule has 0 spiro atoms. The number of fused-ring (bicyclic) bond motifs is 1. The second-order valence-corrected chi connectivity index (χ2v) is 5.02. The van der Waals surface area contributed by atoms with Crippen molar-refractivity contribution in [2.24, 2.45) is 5.73 Å². The number of allylic oxidation sites excluding steroid dienone is 1. The first-order chi connectivity index (χ1) is 8.84. The van der Waals surface area contributed by atoms with Crippen LogP contribution < -0.4 is 5.73 Å². The number of hydrogen-bond acceptors (Lipinski definition) is 2. The lowest BCUT2D eigenvalue weighted by molar-refractivity contribution is 0.570. The lowest BCUT2D eigenvalue weighted by Crippen LogP contribution is -2.29. The first kappa shape index (κ1) is 11.5. The van der Waals surface area contributed by atoms with E-state index < -0.39 is 0 Å². The lowest BCUT2D eigenvalue weighted by atomic mass is 9.94. The summed E-state index contributed by atoms with van der Waals surface area (Å²) in [6.07, 6.45) is 9.16. The van der Waals surface area contributed by atoms with Crippen LogP contribution >= 0.6 is 0 Å². The molecular formula is C15H19N3. The van der Waals surface area contributed by atoms with Crippen molar-refractivity contribution in [3.05, 3.63) is 42.2 Å². The van der Waals surface area contributed by atoms with Gasteiger partial charge in [-0.15, -0.1) is 0 Å². The molecule has 0 bridgehead atoms. The third-order valence-corrected chi connectivity index (χ3v) is 3.72. The van der Waals surface area contributed by atoms with E-state index in [1.807, 2.05) is 24.5 Å². The fourth-order valence-corrected chi connectivity index (χ4v) is 2.68. The predicted octanol–water partition coefficient (Wildman–Crippen LogP) is 2.86. The van der Waals surface area contributed by atoms with Gasteiger partial charge in [0, 0.05) is 12.6 Å². The maximum atomic E-state index is 6.31. The minimum Gasteiger partial charge on any atom is -0.329 e. The van der Waals surface area contributed by atoms with Gasteiger partial charge >= 0.3 is 0 Å². The van der Waals surface area contributed by atoms with Crippen molar-refractivity contribution in [3.63, 3.8) is 0 Å². The fourth-order valence-electron chi connectivity index (χ4n) is 2.68. The predicted molar refractivity (Wildman–Crippen MR) is 74.3 cm³/mol. The SMILES string of the molecule is NC(Cn1cnc2ccccc21)C1=CCCCC1.